The average Bonchev–Trinajstić information content (AvgIpc) is 2.89. The Morgan fingerprint density at radius 2 is 1.92 bits per heavy atom. The molecule has 3 aromatic rings. The molecule has 0 saturated carbocycles. The van der Waals surface area contributed by atoms with Gasteiger partial charge in [0, 0.05) is 20.6 Å². The van der Waals surface area contributed by atoms with Crippen LogP contribution in [0.15, 0.2) is 47.3 Å². The Morgan fingerprint density at radius 3 is 2.77 bits per heavy atom. The first kappa shape index (κ1) is 16.4. The van der Waals surface area contributed by atoms with E-state index in [9.17, 15) is 9.59 Å². The summed E-state index contributed by atoms with van der Waals surface area (Å²) in [6.45, 7) is 0.824. The number of para-hydroxylation sites is 1. The zero-order valence-electron chi connectivity index (χ0n) is 14.9. The minimum absolute atomic E-state index is 0.0125. The third kappa shape index (κ3) is 2.77. The topological polar surface area (TPSA) is 65.3 Å². The maximum Gasteiger partial charge on any atom is 0.328 e. The Kier molecular flexibility index (Phi) is 4.03. The van der Waals surface area contributed by atoms with E-state index in [0.717, 1.165) is 27.9 Å². The van der Waals surface area contributed by atoms with Crippen molar-refractivity contribution in [2.75, 3.05) is 6.61 Å². The molecule has 0 bridgehead atoms. The third-order valence-electron chi connectivity index (χ3n) is 5.05. The number of carbonyl (C=O) groups excluding carboxylic acids is 1. The standard InChI is InChI=1S/C20H21N3O3/c1-22-16-8-7-13(9-17(16)23(2)20(22)25)11-21-19(24)15-10-14-5-3-4-6-18(14)26-12-15/h3-9,15H,10-12H2,1-2H3,(H,21,24)/t15-/m1/s1. The van der Waals surface area contributed by atoms with E-state index in [0.29, 0.717) is 19.6 Å². The summed E-state index contributed by atoms with van der Waals surface area (Å²) in [6, 6.07) is 13.6. The number of carbonyl (C=O) groups is 1. The first-order valence-corrected chi connectivity index (χ1v) is 8.67. The zero-order chi connectivity index (χ0) is 18.3. The van der Waals surface area contributed by atoms with Crippen LogP contribution >= 0.6 is 0 Å². The van der Waals surface area contributed by atoms with Crippen molar-refractivity contribution in [2.24, 2.45) is 20.0 Å². The number of aryl methyl sites for hydroxylation is 2. The van der Waals surface area contributed by atoms with Crippen molar-refractivity contribution in [2.45, 2.75) is 13.0 Å². The van der Waals surface area contributed by atoms with Crippen molar-refractivity contribution in [1.29, 1.82) is 0 Å². The number of nitrogens with zero attached hydrogens (tertiary/aromatic N) is 2. The van der Waals surface area contributed by atoms with E-state index >= 15 is 0 Å². The van der Waals surface area contributed by atoms with Crippen LogP contribution < -0.4 is 15.7 Å². The molecule has 2 aromatic carbocycles. The molecular weight excluding hydrogens is 330 g/mol. The van der Waals surface area contributed by atoms with E-state index in [2.05, 4.69) is 5.32 Å². The first-order chi connectivity index (χ1) is 12.5. The SMILES string of the molecule is Cn1c(=O)n(C)c2cc(CNC(=O)[C@H]3COc4ccccc4C3)ccc21. The molecule has 6 heteroatoms. The fourth-order valence-corrected chi connectivity index (χ4v) is 3.49. The molecule has 0 aliphatic carbocycles. The molecule has 4 rings (SSSR count). The summed E-state index contributed by atoms with van der Waals surface area (Å²) in [5, 5.41) is 2.99. The van der Waals surface area contributed by atoms with Gasteiger partial charge in [-0.1, -0.05) is 24.3 Å². The van der Waals surface area contributed by atoms with Crippen molar-refractivity contribution in [3.63, 3.8) is 0 Å². The molecule has 1 aliphatic rings. The molecule has 0 unspecified atom stereocenters. The second-order valence-electron chi connectivity index (χ2n) is 6.76. The minimum Gasteiger partial charge on any atom is -0.492 e. The van der Waals surface area contributed by atoms with Gasteiger partial charge in [0.25, 0.3) is 0 Å². The fourth-order valence-electron chi connectivity index (χ4n) is 3.49. The molecule has 0 saturated heterocycles. The number of imidazole rings is 1. The molecule has 1 N–H and O–H groups in total. The Labute approximate surface area is 151 Å². The number of amides is 1. The zero-order valence-corrected chi connectivity index (χ0v) is 14.9. The third-order valence-corrected chi connectivity index (χ3v) is 5.05. The van der Waals surface area contributed by atoms with Gasteiger partial charge in [0.2, 0.25) is 5.91 Å². The summed E-state index contributed by atoms with van der Waals surface area (Å²) in [4.78, 5) is 24.5. The Morgan fingerprint density at radius 1 is 1.15 bits per heavy atom. The molecule has 26 heavy (non-hydrogen) atoms. The van der Waals surface area contributed by atoms with E-state index in [1.54, 1.807) is 23.2 Å². The van der Waals surface area contributed by atoms with Crippen LogP contribution in [0.1, 0.15) is 11.1 Å². The van der Waals surface area contributed by atoms with Crippen LogP contribution in [0.4, 0.5) is 0 Å². The average molecular weight is 351 g/mol. The molecule has 1 aliphatic heterocycles. The highest BCUT2D eigenvalue weighted by molar-refractivity contribution is 5.80. The molecule has 2 heterocycles. The number of hydrogen-bond donors (Lipinski definition) is 1. The molecule has 0 fully saturated rings. The lowest BCUT2D eigenvalue weighted by molar-refractivity contribution is -0.126. The lowest BCUT2D eigenvalue weighted by Gasteiger charge is -2.24. The molecule has 1 amide bonds. The van der Waals surface area contributed by atoms with Crippen molar-refractivity contribution in [3.05, 3.63) is 64.1 Å². The van der Waals surface area contributed by atoms with Crippen LogP contribution in [0.25, 0.3) is 11.0 Å². The van der Waals surface area contributed by atoms with Gasteiger partial charge < -0.3 is 10.1 Å². The predicted octanol–water partition coefficient (Wildman–Crippen LogP) is 1.74. The summed E-state index contributed by atoms with van der Waals surface area (Å²) < 4.78 is 8.93. The van der Waals surface area contributed by atoms with Crippen LogP contribution in [0.3, 0.4) is 0 Å². The van der Waals surface area contributed by atoms with Gasteiger partial charge in [0.05, 0.1) is 17.0 Å². The van der Waals surface area contributed by atoms with E-state index in [1.807, 2.05) is 42.5 Å². The van der Waals surface area contributed by atoms with Gasteiger partial charge in [-0.05, 0) is 35.7 Å². The Hall–Kier alpha value is -3.02. The molecule has 1 atom stereocenters. The first-order valence-electron chi connectivity index (χ1n) is 8.67. The van der Waals surface area contributed by atoms with E-state index < -0.39 is 0 Å². The lowest BCUT2D eigenvalue weighted by Crippen LogP contribution is -2.37. The lowest BCUT2D eigenvalue weighted by atomic mass is 9.96. The smallest absolute Gasteiger partial charge is 0.328 e. The highest BCUT2D eigenvalue weighted by Gasteiger charge is 2.25. The van der Waals surface area contributed by atoms with Gasteiger partial charge >= 0.3 is 5.69 Å². The number of ether oxygens (including phenoxy) is 1. The Bertz CT molecular complexity index is 1050. The van der Waals surface area contributed by atoms with Crippen molar-refractivity contribution < 1.29 is 9.53 Å². The molecule has 6 nitrogen and oxygen atoms in total. The van der Waals surface area contributed by atoms with E-state index in [1.165, 1.54) is 0 Å². The predicted molar refractivity (Wildman–Crippen MR) is 99.1 cm³/mol. The summed E-state index contributed by atoms with van der Waals surface area (Å²) in [5.74, 6) is 0.670. The maximum absolute atomic E-state index is 12.5. The number of rotatable bonds is 3. The van der Waals surface area contributed by atoms with Gasteiger partial charge in [0.1, 0.15) is 12.4 Å². The molecule has 0 spiro atoms. The van der Waals surface area contributed by atoms with Crippen molar-refractivity contribution >= 4 is 16.9 Å². The molecule has 1 aromatic heterocycles. The van der Waals surface area contributed by atoms with E-state index in [-0.39, 0.29) is 17.5 Å². The number of aromatic nitrogens is 2. The number of nitrogens with one attached hydrogen (secondary N) is 1. The number of benzene rings is 2. The summed E-state index contributed by atoms with van der Waals surface area (Å²) >= 11 is 0. The molecule has 0 radical (unpaired) electrons. The summed E-state index contributed by atoms with van der Waals surface area (Å²) in [7, 11) is 3.51. The van der Waals surface area contributed by atoms with Crippen LogP contribution in [0.5, 0.6) is 5.75 Å². The van der Waals surface area contributed by atoms with Crippen LogP contribution in [-0.4, -0.2) is 21.6 Å². The highest BCUT2D eigenvalue weighted by Crippen LogP contribution is 2.26. The second-order valence-corrected chi connectivity index (χ2v) is 6.76. The second kappa shape index (κ2) is 6.37. The molecular formula is C20H21N3O3. The van der Waals surface area contributed by atoms with Crippen LogP contribution in [0.2, 0.25) is 0 Å². The minimum atomic E-state index is -0.185. The van der Waals surface area contributed by atoms with Crippen LogP contribution in [-0.2, 0) is 31.9 Å². The van der Waals surface area contributed by atoms with Gasteiger partial charge in [-0.15, -0.1) is 0 Å². The van der Waals surface area contributed by atoms with Gasteiger partial charge in [0.15, 0.2) is 0 Å². The van der Waals surface area contributed by atoms with Gasteiger partial charge in [-0.3, -0.25) is 13.9 Å². The monoisotopic (exact) mass is 351 g/mol. The molecule has 134 valence electrons. The van der Waals surface area contributed by atoms with E-state index in [4.69, 9.17) is 4.74 Å². The number of fused-ring (bicyclic) bond motifs is 2. The summed E-state index contributed by atoms with van der Waals surface area (Å²) in [6.07, 6.45) is 0.689. The summed E-state index contributed by atoms with van der Waals surface area (Å²) in [5.41, 5.74) is 3.71. The normalized spacial score (nSPS) is 16.2. The van der Waals surface area contributed by atoms with Crippen molar-refractivity contribution in [1.82, 2.24) is 14.5 Å². The van der Waals surface area contributed by atoms with Crippen molar-refractivity contribution in [3.8, 4) is 5.75 Å². The highest BCUT2D eigenvalue weighted by atomic mass is 16.5. The quantitative estimate of drug-likeness (QED) is 0.782. The Balaban J connectivity index is 1.46. The number of hydrogen-bond acceptors (Lipinski definition) is 3. The van der Waals surface area contributed by atoms with Crippen LogP contribution in [0, 0.1) is 5.92 Å². The maximum atomic E-state index is 12.5. The largest absolute Gasteiger partial charge is 0.492 e. The van der Waals surface area contributed by atoms with Gasteiger partial charge in [-0.2, -0.15) is 0 Å². The fraction of sp³-hybridized carbons (Fsp3) is 0.300. The van der Waals surface area contributed by atoms with Gasteiger partial charge in [-0.25, -0.2) is 4.79 Å².